The number of nitrogens with one attached hydrogen (secondary N) is 3. The molecule has 0 heterocycles. The molecule has 0 aliphatic heterocycles. The predicted molar refractivity (Wildman–Crippen MR) is 128 cm³/mol. The molecule has 0 radical (unpaired) electrons. The summed E-state index contributed by atoms with van der Waals surface area (Å²) in [6.07, 6.45) is 12.0. The van der Waals surface area contributed by atoms with Crippen molar-refractivity contribution in [2.45, 2.75) is 90.6 Å². The van der Waals surface area contributed by atoms with E-state index in [1.807, 2.05) is 6.26 Å². The lowest BCUT2D eigenvalue weighted by molar-refractivity contribution is -0.130. The van der Waals surface area contributed by atoms with Crippen LogP contribution < -0.4 is 16.0 Å². The quantitative estimate of drug-likeness (QED) is 0.398. The van der Waals surface area contributed by atoms with Crippen LogP contribution in [-0.2, 0) is 19.2 Å². The van der Waals surface area contributed by atoms with Crippen molar-refractivity contribution in [2.24, 2.45) is 5.92 Å². The third kappa shape index (κ3) is 14.4. The van der Waals surface area contributed by atoms with Crippen molar-refractivity contribution in [2.75, 3.05) is 18.6 Å². The Morgan fingerprint density at radius 2 is 1.73 bits per heavy atom. The minimum absolute atomic E-state index is 0. The first-order chi connectivity index (χ1) is 14.4. The van der Waals surface area contributed by atoms with Crippen LogP contribution in [-0.4, -0.2) is 54.6 Å². The Balaban J connectivity index is -0.00000159. The molecule has 3 N–H and O–H groups in total. The zero-order valence-electron chi connectivity index (χ0n) is 19.1. The van der Waals surface area contributed by atoms with Crippen LogP contribution in [0.1, 0.15) is 81.4 Å². The summed E-state index contributed by atoms with van der Waals surface area (Å²) in [6, 6.07) is -1.17. The topological polar surface area (TPSA) is 104 Å². The summed E-state index contributed by atoms with van der Waals surface area (Å²) in [5.74, 6) is 0.345. The predicted octanol–water partition coefficient (Wildman–Crippen LogP) is 3.31. The lowest BCUT2D eigenvalue weighted by Gasteiger charge is -2.24. The number of thioether (sulfide) groups is 1. The normalized spacial score (nSPS) is 15.7. The van der Waals surface area contributed by atoms with Gasteiger partial charge in [0.2, 0.25) is 17.7 Å². The third-order valence-electron chi connectivity index (χ3n) is 4.85. The molecule has 8 heteroatoms. The van der Waals surface area contributed by atoms with Gasteiger partial charge in [0.05, 0.1) is 12.6 Å². The van der Waals surface area contributed by atoms with Gasteiger partial charge in [-0.15, -0.1) is 0 Å². The zero-order valence-corrected chi connectivity index (χ0v) is 19.9. The Kier molecular flexibility index (Phi) is 17.3. The second-order valence-corrected chi connectivity index (χ2v) is 8.84. The fourth-order valence-electron chi connectivity index (χ4n) is 3.36. The smallest absolute Gasteiger partial charge is 0.243 e. The highest BCUT2D eigenvalue weighted by Gasteiger charge is 2.23. The molecule has 2 atom stereocenters. The van der Waals surface area contributed by atoms with E-state index in [1.54, 1.807) is 11.8 Å². The molecule has 178 valence electrons. The van der Waals surface area contributed by atoms with Gasteiger partial charge in [0.25, 0.3) is 0 Å². The standard InChI is InChI=1S/C19H33N3O4S.C3H8.2H2/c1-14(24)21-17(9-8-15-6-4-3-5-7-15)19(26)20-12-18(25)22-16(13-23)10-11-27-2;1-3-2;;/h13,15-17H,3-12H2,1-2H3,(H,20,26)(H,21,24)(H,22,25);3H2,1-2H3;2*1H/t16-,17-;;;/m0.../s1. The molecule has 0 aromatic carbocycles. The highest BCUT2D eigenvalue weighted by Crippen LogP contribution is 2.27. The van der Waals surface area contributed by atoms with E-state index in [-0.39, 0.29) is 21.2 Å². The van der Waals surface area contributed by atoms with Gasteiger partial charge in [0, 0.05) is 9.78 Å². The van der Waals surface area contributed by atoms with Crippen LogP contribution in [0, 0.1) is 5.92 Å². The van der Waals surface area contributed by atoms with Gasteiger partial charge in [-0.3, -0.25) is 14.4 Å². The third-order valence-corrected chi connectivity index (χ3v) is 5.49. The van der Waals surface area contributed by atoms with Crippen LogP contribution >= 0.6 is 11.8 Å². The van der Waals surface area contributed by atoms with E-state index in [2.05, 4.69) is 29.8 Å². The minimum atomic E-state index is -0.629. The minimum Gasteiger partial charge on any atom is -0.345 e. The van der Waals surface area contributed by atoms with Gasteiger partial charge in [-0.25, -0.2) is 0 Å². The van der Waals surface area contributed by atoms with Crippen molar-refractivity contribution < 1.29 is 22.0 Å². The Morgan fingerprint density at radius 1 is 1.10 bits per heavy atom. The first kappa shape index (κ1) is 28.4. The second-order valence-electron chi connectivity index (χ2n) is 7.85. The van der Waals surface area contributed by atoms with Gasteiger partial charge >= 0.3 is 0 Å². The molecule has 0 aromatic rings. The number of carbonyl (C=O) groups excluding carboxylic acids is 4. The fraction of sp³-hybridized carbons (Fsp3) is 0.818. The van der Waals surface area contributed by atoms with Crippen molar-refractivity contribution in [1.82, 2.24) is 16.0 Å². The number of amides is 3. The van der Waals surface area contributed by atoms with Gasteiger partial charge in [-0.05, 0) is 37.2 Å². The SMILES string of the molecule is CCC.CSCC[C@@H](C=O)NC(=O)CNC(=O)[C@H](CCC1CCCCC1)NC(C)=O.[HH].[HH]. The van der Waals surface area contributed by atoms with Gasteiger partial charge in [-0.1, -0.05) is 52.4 Å². The molecule has 1 rings (SSSR count). The van der Waals surface area contributed by atoms with Crippen LogP contribution in [0.25, 0.3) is 0 Å². The molecule has 7 nitrogen and oxygen atoms in total. The van der Waals surface area contributed by atoms with E-state index in [4.69, 9.17) is 0 Å². The van der Waals surface area contributed by atoms with E-state index >= 15 is 0 Å². The lowest BCUT2D eigenvalue weighted by Crippen LogP contribution is -2.49. The number of aldehydes is 1. The van der Waals surface area contributed by atoms with Gasteiger partial charge in [0.15, 0.2) is 0 Å². The van der Waals surface area contributed by atoms with Crippen LogP contribution in [0.5, 0.6) is 0 Å². The molecular weight excluding hydrogens is 402 g/mol. The maximum atomic E-state index is 12.4. The Labute approximate surface area is 189 Å². The average Bonchev–Trinajstić information content (AvgIpc) is 2.73. The molecule has 1 aliphatic rings. The Bertz CT molecular complexity index is 521. The molecule has 3 amide bonds. The highest BCUT2D eigenvalue weighted by atomic mass is 32.2. The second kappa shape index (κ2) is 18.2. The van der Waals surface area contributed by atoms with Crippen LogP contribution in [0.3, 0.4) is 0 Å². The monoisotopic (exact) mass is 447 g/mol. The molecule has 0 spiro atoms. The number of hydrogen-bond donors (Lipinski definition) is 3. The first-order valence-corrected chi connectivity index (χ1v) is 12.6. The molecule has 30 heavy (non-hydrogen) atoms. The zero-order chi connectivity index (χ0) is 22.8. The van der Waals surface area contributed by atoms with E-state index in [9.17, 15) is 19.2 Å². The van der Waals surface area contributed by atoms with Gasteiger partial charge in [-0.2, -0.15) is 11.8 Å². The summed E-state index contributed by atoms with van der Waals surface area (Å²) in [7, 11) is 0. The molecule has 0 unspecified atom stereocenters. The molecule has 1 aliphatic carbocycles. The van der Waals surface area contributed by atoms with Crippen LogP contribution in [0.4, 0.5) is 0 Å². The Morgan fingerprint density at radius 3 is 2.27 bits per heavy atom. The van der Waals surface area contributed by atoms with E-state index < -0.39 is 18.0 Å². The van der Waals surface area contributed by atoms with Gasteiger partial charge in [0.1, 0.15) is 12.3 Å². The van der Waals surface area contributed by atoms with Crippen molar-refractivity contribution in [3.8, 4) is 0 Å². The van der Waals surface area contributed by atoms with Crippen LogP contribution in [0.15, 0.2) is 0 Å². The largest absolute Gasteiger partial charge is 0.345 e. The molecule has 0 saturated heterocycles. The van der Waals surface area contributed by atoms with Gasteiger partial charge < -0.3 is 20.7 Å². The molecule has 0 aromatic heterocycles. The van der Waals surface area contributed by atoms with Crippen molar-refractivity contribution in [1.29, 1.82) is 0 Å². The summed E-state index contributed by atoms with van der Waals surface area (Å²) in [6.45, 7) is 5.43. The summed E-state index contributed by atoms with van der Waals surface area (Å²) in [5.41, 5.74) is 0. The maximum absolute atomic E-state index is 12.4. The van der Waals surface area contributed by atoms with E-state index in [0.29, 0.717) is 25.0 Å². The highest BCUT2D eigenvalue weighted by molar-refractivity contribution is 7.98. The maximum Gasteiger partial charge on any atom is 0.243 e. The van der Waals surface area contributed by atoms with Crippen molar-refractivity contribution in [3.05, 3.63) is 0 Å². The summed E-state index contributed by atoms with van der Waals surface area (Å²) in [4.78, 5) is 46.8. The molecule has 1 fully saturated rings. The summed E-state index contributed by atoms with van der Waals surface area (Å²) in [5, 5.41) is 7.85. The Hall–Kier alpha value is -1.57. The molecule has 1 saturated carbocycles. The van der Waals surface area contributed by atoms with Crippen molar-refractivity contribution in [3.63, 3.8) is 0 Å². The molecular formula is C22H45N3O4S. The van der Waals surface area contributed by atoms with E-state index in [0.717, 1.165) is 12.2 Å². The molecule has 0 bridgehead atoms. The first-order valence-electron chi connectivity index (χ1n) is 11.2. The average molecular weight is 448 g/mol. The van der Waals surface area contributed by atoms with E-state index in [1.165, 1.54) is 45.4 Å². The summed E-state index contributed by atoms with van der Waals surface area (Å²) >= 11 is 1.60. The fourth-order valence-corrected chi connectivity index (χ4v) is 3.85. The number of hydrogen-bond acceptors (Lipinski definition) is 5. The summed E-state index contributed by atoms with van der Waals surface area (Å²) < 4.78 is 0. The number of rotatable bonds is 12. The lowest BCUT2D eigenvalue weighted by atomic mass is 9.85. The number of carbonyl (C=O) groups is 4. The van der Waals surface area contributed by atoms with Crippen LogP contribution in [0.2, 0.25) is 0 Å². The van der Waals surface area contributed by atoms with Crippen molar-refractivity contribution >= 4 is 35.8 Å².